The molecule has 2 heteroatoms. The standard InChI is InChI=1S/C13H26OSi/c1-4-5-12-15(2,3)14-13-10-8-6-7-9-11-13/h6,8,13H,4-5,7,9-12H2,1-3H3. The lowest BCUT2D eigenvalue weighted by Crippen LogP contribution is -2.35. The Labute approximate surface area is 96.0 Å². The molecule has 1 aliphatic rings. The van der Waals surface area contributed by atoms with Crippen molar-refractivity contribution in [3.05, 3.63) is 12.2 Å². The van der Waals surface area contributed by atoms with Gasteiger partial charge in [-0.3, -0.25) is 0 Å². The third-order valence-electron chi connectivity index (χ3n) is 3.08. The fourth-order valence-corrected chi connectivity index (χ4v) is 4.61. The molecule has 0 saturated carbocycles. The van der Waals surface area contributed by atoms with Crippen LogP contribution in [0.2, 0.25) is 19.1 Å². The maximum atomic E-state index is 6.35. The largest absolute Gasteiger partial charge is 0.414 e. The second-order valence-corrected chi connectivity index (χ2v) is 9.50. The van der Waals surface area contributed by atoms with Crippen molar-refractivity contribution in [3.63, 3.8) is 0 Å². The highest BCUT2D eigenvalue weighted by atomic mass is 28.4. The Morgan fingerprint density at radius 3 is 2.87 bits per heavy atom. The van der Waals surface area contributed by atoms with E-state index in [0.717, 1.165) is 6.42 Å². The van der Waals surface area contributed by atoms with Crippen molar-refractivity contribution >= 4 is 8.32 Å². The molecule has 15 heavy (non-hydrogen) atoms. The second-order valence-electron chi connectivity index (χ2n) is 5.24. The highest BCUT2D eigenvalue weighted by Gasteiger charge is 2.25. The van der Waals surface area contributed by atoms with Crippen molar-refractivity contribution in [3.8, 4) is 0 Å². The Hall–Kier alpha value is -0.0831. The van der Waals surface area contributed by atoms with E-state index in [2.05, 4.69) is 32.2 Å². The summed E-state index contributed by atoms with van der Waals surface area (Å²) < 4.78 is 6.35. The smallest absolute Gasteiger partial charge is 0.187 e. The Balaban J connectivity index is 2.34. The van der Waals surface area contributed by atoms with Crippen LogP contribution in [0, 0.1) is 0 Å². The number of unbranched alkanes of at least 4 members (excludes halogenated alkanes) is 1. The fraction of sp³-hybridized carbons (Fsp3) is 0.846. The molecule has 0 amide bonds. The first kappa shape index (κ1) is 13.0. The zero-order valence-electron chi connectivity index (χ0n) is 10.6. The van der Waals surface area contributed by atoms with Gasteiger partial charge in [-0.05, 0) is 44.8 Å². The fourth-order valence-electron chi connectivity index (χ4n) is 2.17. The first-order valence-electron chi connectivity index (χ1n) is 6.47. The summed E-state index contributed by atoms with van der Waals surface area (Å²) in [5.41, 5.74) is 0. The minimum Gasteiger partial charge on any atom is -0.414 e. The Kier molecular flexibility index (Phi) is 5.62. The zero-order valence-corrected chi connectivity index (χ0v) is 11.6. The van der Waals surface area contributed by atoms with Gasteiger partial charge in [0.1, 0.15) is 0 Å². The Morgan fingerprint density at radius 1 is 1.33 bits per heavy atom. The maximum absolute atomic E-state index is 6.35. The lowest BCUT2D eigenvalue weighted by atomic mass is 10.2. The van der Waals surface area contributed by atoms with Gasteiger partial charge >= 0.3 is 0 Å². The third-order valence-corrected chi connectivity index (χ3v) is 5.61. The van der Waals surface area contributed by atoms with Gasteiger partial charge in [-0.25, -0.2) is 0 Å². The van der Waals surface area contributed by atoms with Crippen molar-refractivity contribution in [1.29, 1.82) is 0 Å². The van der Waals surface area contributed by atoms with Crippen LogP contribution in [0.15, 0.2) is 12.2 Å². The van der Waals surface area contributed by atoms with Gasteiger partial charge in [0.15, 0.2) is 8.32 Å². The van der Waals surface area contributed by atoms with Gasteiger partial charge in [-0.15, -0.1) is 0 Å². The quantitative estimate of drug-likeness (QED) is 0.495. The zero-order chi connectivity index (χ0) is 11.1. The van der Waals surface area contributed by atoms with Gasteiger partial charge in [0.2, 0.25) is 0 Å². The van der Waals surface area contributed by atoms with E-state index in [1.807, 2.05) is 0 Å². The van der Waals surface area contributed by atoms with Crippen LogP contribution in [0.25, 0.3) is 0 Å². The van der Waals surface area contributed by atoms with Crippen molar-refractivity contribution < 1.29 is 4.43 Å². The van der Waals surface area contributed by atoms with Crippen LogP contribution < -0.4 is 0 Å². The third kappa shape index (κ3) is 5.52. The van der Waals surface area contributed by atoms with Crippen LogP contribution in [0.3, 0.4) is 0 Å². The minimum atomic E-state index is -1.37. The number of hydrogen-bond donors (Lipinski definition) is 0. The molecule has 0 N–H and O–H groups in total. The molecule has 1 rings (SSSR count). The van der Waals surface area contributed by atoms with Gasteiger partial charge in [0.05, 0.1) is 0 Å². The van der Waals surface area contributed by atoms with Crippen LogP contribution in [0.4, 0.5) is 0 Å². The van der Waals surface area contributed by atoms with E-state index in [-0.39, 0.29) is 0 Å². The van der Waals surface area contributed by atoms with E-state index < -0.39 is 8.32 Å². The van der Waals surface area contributed by atoms with Gasteiger partial charge in [0.25, 0.3) is 0 Å². The van der Waals surface area contributed by atoms with Crippen molar-refractivity contribution in [2.75, 3.05) is 0 Å². The summed E-state index contributed by atoms with van der Waals surface area (Å²) in [5, 5.41) is 0. The number of hydrogen-bond acceptors (Lipinski definition) is 1. The molecule has 0 saturated heterocycles. The van der Waals surface area contributed by atoms with E-state index >= 15 is 0 Å². The van der Waals surface area contributed by atoms with Crippen LogP contribution in [-0.2, 0) is 4.43 Å². The van der Waals surface area contributed by atoms with E-state index in [0.29, 0.717) is 6.10 Å². The van der Waals surface area contributed by atoms with Crippen molar-refractivity contribution in [2.24, 2.45) is 0 Å². The van der Waals surface area contributed by atoms with E-state index in [9.17, 15) is 0 Å². The average molecular weight is 226 g/mol. The molecule has 1 nitrogen and oxygen atoms in total. The molecular weight excluding hydrogens is 200 g/mol. The van der Waals surface area contributed by atoms with Crippen LogP contribution >= 0.6 is 0 Å². The van der Waals surface area contributed by atoms with Gasteiger partial charge in [0, 0.05) is 6.10 Å². The molecular formula is C13H26OSi. The number of allylic oxidation sites excluding steroid dienone is 1. The van der Waals surface area contributed by atoms with E-state index in [1.54, 1.807) is 0 Å². The lowest BCUT2D eigenvalue weighted by molar-refractivity contribution is 0.183. The summed E-state index contributed by atoms with van der Waals surface area (Å²) in [5.74, 6) is 0. The summed E-state index contributed by atoms with van der Waals surface area (Å²) in [6, 6.07) is 1.32. The molecule has 0 heterocycles. The van der Waals surface area contributed by atoms with Gasteiger partial charge < -0.3 is 4.43 Å². The highest BCUT2D eigenvalue weighted by molar-refractivity contribution is 6.71. The Morgan fingerprint density at radius 2 is 2.13 bits per heavy atom. The summed E-state index contributed by atoms with van der Waals surface area (Å²) in [4.78, 5) is 0. The molecule has 1 aliphatic carbocycles. The predicted molar refractivity (Wildman–Crippen MR) is 69.7 cm³/mol. The second kappa shape index (κ2) is 6.49. The topological polar surface area (TPSA) is 9.23 Å². The molecule has 88 valence electrons. The molecule has 1 unspecified atom stereocenters. The summed E-state index contributed by atoms with van der Waals surface area (Å²) in [7, 11) is -1.37. The molecule has 0 aromatic heterocycles. The maximum Gasteiger partial charge on any atom is 0.187 e. The van der Waals surface area contributed by atoms with Crippen LogP contribution in [0.1, 0.15) is 45.4 Å². The Bertz CT molecular complexity index is 199. The number of rotatable bonds is 5. The van der Waals surface area contributed by atoms with Gasteiger partial charge in [-0.2, -0.15) is 0 Å². The molecule has 0 aromatic rings. The molecule has 1 atom stereocenters. The monoisotopic (exact) mass is 226 g/mol. The highest BCUT2D eigenvalue weighted by Crippen LogP contribution is 2.23. The van der Waals surface area contributed by atoms with E-state index in [4.69, 9.17) is 4.43 Å². The van der Waals surface area contributed by atoms with Crippen LogP contribution in [-0.4, -0.2) is 14.4 Å². The minimum absolute atomic E-state index is 0.516. The van der Waals surface area contributed by atoms with Gasteiger partial charge in [-0.1, -0.05) is 31.9 Å². The summed E-state index contributed by atoms with van der Waals surface area (Å²) in [6.07, 6.45) is 12.7. The first-order chi connectivity index (χ1) is 7.14. The average Bonchev–Trinajstić information content (AvgIpc) is 2.43. The molecule has 0 fully saturated rings. The lowest BCUT2D eigenvalue weighted by Gasteiger charge is -2.28. The molecule has 0 aromatic carbocycles. The normalized spacial score (nSPS) is 22.7. The van der Waals surface area contributed by atoms with Crippen LogP contribution in [0.5, 0.6) is 0 Å². The van der Waals surface area contributed by atoms with E-state index in [1.165, 1.54) is 38.1 Å². The van der Waals surface area contributed by atoms with Crippen molar-refractivity contribution in [2.45, 2.75) is 70.7 Å². The SMILES string of the molecule is CCCC[Si](C)(C)OC1CC=CCCC1. The first-order valence-corrected chi connectivity index (χ1v) is 9.58. The molecule has 0 spiro atoms. The molecule has 0 bridgehead atoms. The molecule has 0 aliphatic heterocycles. The predicted octanol–water partition coefficient (Wildman–Crippen LogP) is 4.51. The summed E-state index contributed by atoms with van der Waals surface area (Å²) in [6.45, 7) is 7.01. The van der Waals surface area contributed by atoms with Crippen molar-refractivity contribution in [1.82, 2.24) is 0 Å². The summed E-state index contributed by atoms with van der Waals surface area (Å²) >= 11 is 0. The molecule has 0 radical (unpaired) electrons.